The Bertz CT molecular complexity index is 1180. The zero-order chi connectivity index (χ0) is 23.3. The molecule has 3 aromatic rings. The number of aromatic nitrogens is 2. The van der Waals surface area contributed by atoms with Gasteiger partial charge in [-0.25, -0.2) is 9.97 Å². The summed E-state index contributed by atoms with van der Waals surface area (Å²) in [6, 6.07) is 13.6. The van der Waals surface area contributed by atoms with Gasteiger partial charge < -0.3 is 24.6 Å². The van der Waals surface area contributed by atoms with Crippen molar-refractivity contribution in [1.82, 2.24) is 15.3 Å². The summed E-state index contributed by atoms with van der Waals surface area (Å²) in [5.74, 6) is 2.34. The molecule has 34 heavy (non-hydrogen) atoms. The van der Waals surface area contributed by atoms with E-state index in [0.717, 1.165) is 54.1 Å². The monoisotopic (exact) mass is 461 g/mol. The molecule has 0 amide bonds. The number of nitrogens with zero attached hydrogens (tertiary/aromatic N) is 2. The summed E-state index contributed by atoms with van der Waals surface area (Å²) in [5, 5.41) is 12.5. The number of carboxylic acids is 1. The number of carboxylic acid groups (broad SMARTS) is 1. The second-order valence-corrected chi connectivity index (χ2v) is 8.51. The maximum atomic E-state index is 11.0. The Morgan fingerprint density at radius 2 is 2.06 bits per heavy atom. The molecule has 0 spiro atoms. The predicted octanol–water partition coefficient (Wildman–Crippen LogP) is 3.94. The van der Waals surface area contributed by atoms with Gasteiger partial charge in [0.25, 0.3) is 0 Å². The second-order valence-electron chi connectivity index (χ2n) is 8.51. The lowest BCUT2D eigenvalue weighted by Crippen LogP contribution is -2.18. The molecule has 1 aliphatic carbocycles. The minimum atomic E-state index is -0.739. The number of aryl methyl sites for hydroxylation is 1. The highest BCUT2D eigenvalue weighted by Crippen LogP contribution is 2.37. The molecule has 8 nitrogen and oxygen atoms in total. The van der Waals surface area contributed by atoms with Crippen molar-refractivity contribution in [2.45, 2.75) is 38.1 Å². The van der Waals surface area contributed by atoms with Crippen molar-refractivity contribution in [2.24, 2.45) is 0 Å². The largest absolute Gasteiger partial charge is 0.494 e. The van der Waals surface area contributed by atoms with Crippen LogP contribution in [0.2, 0.25) is 0 Å². The van der Waals surface area contributed by atoms with E-state index in [4.69, 9.17) is 19.3 Å². The average Bonchev–Trinajstić information content (AvgIpc) is 3.47. The van der Waals surface area contributed by atoms with Crippen LogP contribution in [0.1, 0.15) is 42.0 Å². The van der Waals surface area contributed by atoms with Gasteiger partial charge in [0.15, 0.2) is 17.3 Å². The van der Waals surface area contributed by atoms with E-state index in [1.54, 1.807) is 6.20 Å². The summed E-state index contributed by atoms with van der Waals surface area (Å²) in [6.07, 6.45) is 4.64. The predicted molar refractivity (Wildman–Crippen MR) is 125 cm³/mol. The van der Waals surface area contributed by atoms with Crippen LogP contribution < -0.4 is 19.5 Å². The molecule has 0 saturated carbocycles. The first kappa shape index (κ1) is 22.2. The normalized spacial score (nSPS) is 15.8. The van der Waals surface area contributed by atoms with Crippen molar-refractivity contribution >= 4 is 5.97 Å². The first-order valence-electron chi connectivity index (χ1n) is 11.6. The number of hydrogen-bond acceptors (Lipinski definition) is 7. The van der Waals surface area contributed by atoms with Crippen LogP contribution >= 0.6 is 0 Å². The molecule has 1 aromatic heterocycles. The number of nitrogens with one attached hydrogen (secondary N) is 1. The molecule has 8 heteroatoms. The Balaban J connectivity index is 1.06. The van der Waals surface area contributed by atoms with Crippen LogP contribution in [0, 0.1) is 0 Å². The van der Waals surface area contributed by atoms with Crippen molar-refractivity contribution in [3.63, 3.8) is 0 Å². The minimum absolute atomic E-state index is 0.123. The molecule has 0 radical (unpaired) electrons. The average molecular weight is 462 g/mol. The standard InChI is InChI=1S/C26H27N3O5/c30-25(31)14-18-3-2-17-12-21(5-6-22(17)18)32-11-1-9-27-15-20-8-10-28-26(29-20)19-4-7-23-24(13-19)34-16-33-23/h4-8,10,12-13,18,27H,1-3,9,11,14-16H2,(H,30,31)/t18-/m0/s1. The van der Waals surface area contributed by atoms with Crippen LogP contribution in [0.3, 0.4) is 0 Å². The van der Waals surface area contributed by atoms with E-state index in [-0.39, 0.29) is 19.1 Å². The molecule has 2 aliphatic rings. The number of fused-ring (bicyclic) bond motifs is 2. The molecule has 2 N–H and O–H groups in total. The summed E-state index contributed by atoms with van der Waals surface area (Å²) in [5.41, 5.74) is 4.17. The summed E-state index contributed by atoms with van der Waals surface area (Å²) in [6.45, 7) is 2.29. The van der Waals surface area contributed by atoms with Crippen molar-refractivity contribution in [1.29, 1.82) is 0 Å². The quantitative estimate of drug-likeness (QED) is 0.438. The van der Waals surface area contributed by atoms with Gasteiger partial charge in [-0.15, -0.1) is 0 Å². The van der Waals surface area contributed by atoms with Crippen molar-refractivity contribution in [3.8, 4) is 28.6 Å². The fourth-order valence-electron chi connectivity index (χ4n) is 4.47. The topological polar surface area (TPSA) is 103 Å². The third-order valence-electron chi connectivity index (χ3n) is 6.15. The lowest BCUT2D eigenvalue weighted by atomic mass is 9.98. The molecule has 0 bridgehead atoms. The van der Waals surface area contributed by atoms with Crippen molar-refractivity contribution in [2.75, 3.05) is 19.9 Å². The van der Waals surface area contributed by atoms with E-state index < -0.39 is 5.97 Å². The highest BCUT2D eigenvalue weighted by atomic mass is 16.7. The highest BCUT2D eigenvalue weighted by Gasteiger charge is 2.24. The molecule has 5 rings (SSSR count). The first-order chi connectivity index (χ1) is 16.7. The van der Waals surface area contributed by atoms with Crippen LogP contribution in [0.5, 0.6) is 17.2 Å². The van der Waals surface area contributed by atoms with Gasteiger partial charge in [0.2, 0.25) is 6.79 Å². The molecule has 176 valence electrons. The first-order valence-corrected chi connectivity index (χ1v) is 11.6. The Kier molecular flexibility index (Phi) is 6.58. The van der Waals surface area contributed by atoms with Crippen LogP contribution in [0.4, 0.5) is 0 Å². The van der Waals surface area contributed by atoms with Gasteiger partial charge in [-0.1, -0.05) is 6.07 Å². The fraction of sp³-hybridized carbons (Fsp3) is 0.346. The van der Waals surface area contributed by atoms with Crippen LogP contribution in [-0.2, 0) is 17.8 Å². The summed E-state index contributed by atoms with van der Waals surface area (Å²) < 4.78 is 16.7. The van der Waals surface area contributed by atoms with Gasteiger partial charge in [-0.2, -0.15) is 0 Å². The van der Waals surface area contributed by atoms with Crippen molar-refractivity contribution in [3.05, 3.63) is 65.5 Å². The van der Waals surface area contributed by atoms with Gasteiger partial charge in [-0.05, 0) is 79.3 Å². The van der Waals surface area contributed by atoms with E-state index in [2.05, 4.69) is 21.4 Å². The lowest BCUT2D eigenvalue weighted by Gasteiger charge is -2.11. The van der Waals surface area contributed by atoms with Crippen LogP contribution in [0.15, 0.2) is 48.7 Å². The van der Waals surface area contributed by atoms with E-state index in [0.29, 0.717) is 24.7 Å². The van der Waals surface area contributed by atoms with Crippen LogP contribution in [-0.4, -0.2) is 41.0 Å². The summed E-state index contributed by atoms with van der Waals surface area (Å²) in [7, 11) is 0. The van der Waals surface area contributed by atoms with Crippen molar-refractivity contribution < 1.29 is 24.1 Å². The van der Waals surface area contributed by atoms with Gasteiger partial charge in [0.05, 0.1) is 18.7 Å². The Morgan fingerprint density at radius 1 is 1.15 bits per heavy atom. The number of ether oxygens (including phenoxy) is 3. The molecule has 2 aromatic carbocycles. The molecule has 1 atom stereocenters. The zero-order valence-electron chi connectivity index (χ0n) is 18.8. The lowest BCUT2D eigenvalue weighted by molar-refractivity contribution is -0.137. The van der Waals surface area contributed by atoms with Crippen LogP contribution in [0.25, 0.3) is 11.4 Å². The Labute approximate surface area is 197 Å². The van der Waals surface area contributed by atoms with Gasteiger partial charge >= 0.3 is 5.97 Å². The molecule has 0 unspecified atom stereocenters. The maximum absolute atomic E-state index is 11.0. The smallest absolute Gasteiger partial charge is 0.303 e. The fourth-order valence-corrected chi connectivity index (χ4v) is 4.47. The third kappa shape index (κ3) is 5.12. The summed E-state index contributed by atoms with van der Waals surface area (Å²) in [4.78, 5) is 20.1. The third-order valence-corrected chi connectivity index (χ3v) is 6.15. The van der Waals surface area contributed by atoms with E-state index in [9.17, 15) is 4.79 Å². The summed E-state index contributed by atoms with van der Waals surface area (Å²) >= 11 is 0. The number of hydrogen-bond donors (Lipinski definition) is 2. The Morgan fingerprint density at radius 3 is 2.97 bits per heavy atom. The molecule has 0 fully saturated rings. The molecular weight excluding hydrogens is 434 g/mol. The Hall–Kier alpha value is -3.65. The van der Waals surface area contributed by atoms with Gasteiger partial charge in [0.1, 0.15) is 5.75 Å². The van der Waals surface area contributed by atoms with E-state index in [1.165, 1.54) is 5.56 Å². The highest BCUT2D eigenvalue weighted by molar-refractivity contribution is 5.68. The number of benzene rings is 2. The maximum Gasteiger partial charge on any atom is 0.303 e. The number of carbonyl (C=O) groups is 1. The molecule has 0 saturated heterocycles. The SMILES string of the molecule is O=C(O)C[C@@H]1CCc2cc(OCCCNCc3ccnc(-c4ccc5c(c4)OCO5)n3)ccc21. The number of rotatable bonds is 10. The zero-order valence-corrected chi connectivity index (χ0v) is 18.8. The van der Waals surface area contributed by atoms with Gasteiger partial charge in [-0.3, -0.25) is 4.79 Å². The number of aliphatic carboxylic acids is 1. The molecular formula is C26H27N3O5. The second kappa shape index (κ2) is 10.1. The molecule has 2 heterocycles. The molecule has 1 aliphatic heterocycles. The van der Waals surface area contributed by atoms with E-state index in [1.807, 2.05) is 36.4 Å². The van der Waals surface area contributed by atoms with E-state index >= 15 is 0 Å². The van der Waals surface area contributed by atoms with Gasteiger partial charge in [0, 0.05) is 18.3 Å². The minimum Gasteiger partial charge on any atom is -0.494 e.